The molecule has 0 unspecified atom stereocenters. The molecule has 0 aliphatic heterocycles. The van der Waals surface area contributed by atoms with Crippen LogP contribution >= 0.6 is 0 Å². The van der Waals surface area contributed by atoms with Crippen LogP contribution in [-0.2, 0) is 23.9 Å². The number of carbonyl (C=O) groups is 3. The molecule has 2 aromatic carbocycles. The van der Waals surface area contributed by atoms with Crippen molar-refractivity contribution in [3.63, 3.8) is 0 Å². The van der Waals surface area contributed by atoms with Gasteiger partial charge in [0.1, 0.15) is 6.04 Å². The minimum absolute atomic E-state index is 0.182. The lowest BCUT2D eigenvalue weighted by Gasteiger charge is -2.26. The zero-order chi connectivity index (χ0) is 23.0. The number of aliphatic hydroxyl groups is 1. The van der Waals surface area contributed by atoms with Crippen LogP contribution in [-0.4, -0.2) is 48.1 Å². The largest absolute Gasteiger partial charge is 0.469 e. The number of nitro benzene ring substituents is 1. The van der Waals surface area contributed by atoms with Crippen molar-refractivity contribution in [1.29, 1.82) is 0 Å². The molecule has 1 amide bonds. The summed E-state index contributed by atoms with van der Waals surface area (Å²) in [7, 11) is 2.28. The van der Waals surface area contributed by atoms with E-state index in [1.54, 1.807) is 30.3 Å². The fraction of sp³-hybridized carbons (Fsp3) is 0.286. The number of esters is 2. The Labute approximate surface area is 177 Å². The molecule has 2 N–H and O–H groups in total. The lowest BCUT2D eigenvalue weighted by atomic mass is 9.88. The second kappa shape index (κ2) is 10.8. The number of nitrogens with one attached hydrogen (secondary N) is 1. The molecule has 0 saturated heterocycles. The van der Waals surface area contributed by atoms with E-state index in [0.29, 0.717) is 11.1 Å². The van der Waals surface area contributed by atoms with E-state index in [1.165, 1.54) is 31.4 Å². The number of benzene rings is 2. The summed E-state index contributed by atoms with van der Waals surface area (Å²) in [6.45, 7) is 0. The maximum Gasteiger partial charge on any atom is 0.329 e. The summed E-state index contributed by atoms with van der Waals surface area (Å²) in [5.74, 6) is -3.37. The zero-order valence-corrected chi connectivity index (χ0v) is 16.9. The topological polar surface area (TPSA) is 145 Å². The number of non-ortho nitro benzene ring substituents is 1. The Bertz CT molecular complexity index is 930. The van der Waals surface area contributed by atoms with Gasteiger partial charge in [0, 0.05) is 18.1 Å². The van der Waals surface area contributed by atoms with Crippen molar-refractivity contribution in [1.82, 2.24) is 5.32 Å². The quantitative estimate of drug-likeness (QED) is 0.347. The number of nitrogens with zero attached hydrogens (tertiary/aromatic N) is 1. The summed E-state index contributed by atoms with van der Waals surface area (Å²) < 4.78 is 9.47. The molecular formula is C21H22N2O8. The molecule has 2 aromatic rings. The second-order valence-electron chi connectivity index (χ2n) is 6.56. The Balaban J connectivity index is 2.38. The van der Waals surface area contributed by atoms with E-state index in [0.717, 1.165) is 7.11 Å². The van der Waals surface area contributed by atoms with Crippen LogP contribution < -0.4 is 5.32 Å². The Hall–Kier alpha value is -3.79. The van der Waals surface area contributed by atoms with Gasteiger partial charge in [0.25, 0.3) is 11.6 Å². The van der Waals surface area contributed by atoms with Crippen LogP contribution in [0.4, 0.5) is 5.69 Å². The van der Waals surface area contributed by atoms with Crippen LogP contribution in [0.5, 0.6) is 0 Å². The predicted molar refractivity (Wildman–Crippen MR) is 108 cm³/mol. The molecule has 0 spiro atoms. The van der Waals surface area contributed by atoms with Crippen LogP contribution in [0.3, 0.4) is 0 Å². The third-order valence-electron chi connectivity index (χ3n) is 4.67. The Morgan fingerprint density at radius 3 is 2.13 bits per heavy atom. The minimum Gasteiger partial charge on any atom is -0.469 e. The van der Waals surface area contributed by atoms with Crippen LogP contribution in [0.25, 0.3) is 0 Å². The van der Waals surface area contributed by atoms with E-state index < -0.39 is 40.8 Å². The molecule has 0 radical (unpaired) electrons. The number of rotatable bonds is 9. The third kappa shape index (κ3) is 6.09. The smallest absolute Gasteiger partial charge is 0.329 e. The highest BCUT2D eigenvalue weighted by molar-refractivity contribution is 5.88. The van der Waals surface area contributed by atoms with Gasteiger partial charge in [0.05, 0.1) is 25.6 Å². The molecule has 164 valence electrons. The van der Waals surface area contributed by atoms with Crippen molar-refractivity contribution >= 4 is 23.5 Å². The van der Waals surface area contributed by atoms with Gasteiger partial charge in [-0.15, -0.1) is 0 Å². The highest BCUT2D eigenvalue weighted by atomic mass is 16.6. The first kappa shape index (κ1) is 23.5. The van der Waals surface area contributed by atoms with Crippen molar-refractivity contribution in [3.8, 4) is 0 Å². The van der Waals surface area contributed by atoms with E-state index in [2.05, 4.69) is 10.1 Å². The second-order valence-corrected chi connectivity index (χ2v) is 6.56. The van der Waals surface area contributed by atoms with Gasteiger partial charge in [-0.25, -0.2) is 4.79 Å². The van der Waals surface area contributed by atoms with Gasteiger partial charge >= 0.3 is 11.9 Å². The van der Waals surface area contributed by atoms with Gasteiger partial charge in [0.2, 0.25) is 0 Å². The number of carbonyl (C=O) groups excluding carboxylic acids is 3. The molecule has 10 nitrogen and oxygen atoms in total. The number of nitro groups is 1. The van der Waals surface area contributed by atoms with E-state index in [-0.39, 0.29) is 12.1 Å². The lowest BCUT2D eigenvalue weighted by Crippen LogP contribution is -2.47. The average Bonchev–Trinajstić information content (AvgIpc) is 2.80. The highest BCUT2D eigenvalue weighted by Crippen LogP contribution is 2.28. The van der Waals surface area contributed by atoms with Crippen molar-refractivity contribution in [2.75, 3.05) is 14.2 Å². The van der Waals surface area contributed by atoms with Gasteiger partial charge < -0.3 is 19.9 Å². The van der Waals surface area contributed by atoms with E-state index in [4.69, 9.17) is 4.74 Å². The number of hydrogen-bond donors (Lipinski definition) is 2. The maximum atomic E-state index is 12.6. The van der Waals surface area contributed by atoms with Gasteiger partial charge in [-0.3, -0.25) is 19.7 Å². The SMILES string of the molecule is COC(=O)C[C@@H](c1ccc([N+](=O)[O-])cc1)[C@@H](NC(=O)[C@@H](O)c1ccccc1)C(=O)OC. The molecule has 0 aromatic heterocycles. The molecule has 3 atom stereocenters. The molecule has 2 rings (SSSR count). The molecule has 0 aliphatic rings. The van der Waals surface area contributed by atoms with Crippen molar-refractivity contribution in [2.45, 2.75) is 24.5 Å². The summed E-state index contributed by atoms with van der Waals surface area (Å²) in [6.07, 6.45) is -1.89. The molecule has 0 aliphatic carbocycles. The van der Waals surface area contributed by atoms with Crippen molar-refractivity contribution < 1.29 is 33.9 Å². The normalized spacial score (nSPS) is 13.4. The van der Waals surface area contributed by atoms with E-state index in [1.807, 2.05) is 0 Å². The van der Waals surface area contributed by atoms with Gasteiger partial charge in [-0.1, -0.05) is 42.5 Å². The van der Waals surface area contributed by atoms with Crippen LogP contribution in [0.15, 0.2) is 54.6 Å². The summed E-state index contributed by atoms with van der Waals surface area (Å²) in [5.41, 5.74) is 0.489. The number of ether oxygens (including phenoxy) is 2. The number of methoxy groups -OCH3 is 2. The molecule has 0 fully saturated rings. The zero-order valence-electron chi connectivity index (χ0n) is 16.9. The highest BCUT2D eigenvalue weighted by Gasteiger charge is 2.35. The lowest BCUT2D eigenvalue weighted by molar-refractivity contribution is -0.384. The summed E-state index contributed by atoms with van der Waals surface area (Å²) >= 11 is 0. The first-order valence-corrected chi connectivity index (χ1v) is 9.20. The fourth-order valence-corrected chi connectivity index (χ4v) is 3.00. The Morgan fingerprint density at radius 1 is 1.00 bits per heavy atom. The number of hydrogen-bond acceptors (Lipinski definition) is 8. The van der Waals surface area contributed by atoms with Crippen LogP contribution in [0.1, 0.15) is 29.6 Å². The molecular weight excluding hydrogens is 408 g/mol. The first-order valence-electron chi connectivity index (χ1n) is 9.20. The molecule has 0 heterocycles. The monoisotopic (exact) mass is 430 g/mol. The standard InChI is InChI=1S/C21H22N2O8/c1-30-17(24)12-16(13-8-10-15(11-9-13)23(28)29)18(21(27)31-2)22-20(26)19(25)14-6-4-3-5-7-14/h3-11,16,18-19,25H,12H2,1-2H3,(H,22,26)/t16-,18+,19-/m0/s1. The Kier molecular flexibility index (Phi) is 8.21. The molecule has 0 saturated carbocycles. The molecule has 31 heavy (non-hydrogen) atoms. The molecule has 0 bridgehead atoms. The summed E-state index contributed by atoms with van der Waals surface area (Å²) in [6, 6.07) is 11.9. The predicted octanol–water partition coefficient (Wildman–Crippen LogP) is 1.63. The minimum atomic E-state index is -1.57. The third-order valence-corrected chi connectivity index (χ3v) is 4.67. The number of amides is 1. The number of aliphatic hydroxyl groups excluding tert-OH is 1. The van der Waals surface area contributed by atoms with Gasteiger partial charge in [-0.2, -0.15) is 0 Å². The fourth-order valence-electron chi connectivity index (χ4n) is 3.00. The van der Waals surface area contributed by atoms with E-state index in [9.17, 15) is 29.6 Å². The van der Waals surface area contributed by atoms with Gasteiger partial charge in [0.15, 0.2) is 6.10 Å². The Morgan fingerprint density at radius 2 is 1.61 bits per heavy atom. The molecule has 10 heteroatoms. The van der Waals surface area contributed by atoms with Crippen LogP contribution in [0.2, 0.25) is 0 Å². The summed E-state index contributed by atoms with van der Waals surface area (Å²) in [4.78, 5) is 47.4. The van der Waals surface area contributed by atoms with Gasteiger partial charge in [-0.05, 0) is 11.1 Å². The van der Waals surface area contributed by atoms with E-state index >= 15 is 0 Å². The average molecular weight is 430 g/mol. The summed E-state index contributed by atoms with van der Waals surface area (Å²) in [5, 5.41) is 23.7. The first-order chi connectivity index (χ1) is 14.8. The van der Waals surface area contributed by atoms with Crippen molar-refractivity contribution in [3.05, 3.63) is 75.8 Å². The van der Waals surface area contributed by atoms with Crippen molar-refractivity contribution in [2.24, 2.45) is 0 Å². The van der Waals surface area contributed by atoms with Crippen LogP contribution in [0, 0.1) is 10.1 Å². The maximum absolute atomic E-state index is 12.6.